The largest absolute Gasteiger partial charge is 0.497 e. The number of hydrogen-bond acceptors (Lipinski definition) is 5. The van der Waals surface area contributed by atoms with Crippen LogP contribution in [-0.4, -0.2) is 25.7 Å². The third-order valence-electron chi connectivity index (χ3n) is 6.28. The van der Waals surface area contributed by atoms with Crippen LogP contribution in [0.2, 0.25) is 0 Å². The Morgan fingerprint density at radius 1 is 0.919 bits per heavy atom. The third kappa shape index (κ3) is 6.96. The standard InChI is InChI=1S/C25H24FNO3S.C4H6.C2H6/c1-28-20-6-7-22-16(10-20)8-9-27-15-18-13-25(24(29-2)12-17(18)11-23(22)27)30-31-21-5-3-4-19(26)14-21;1-3-4-2;1-2/h3-7,10,12-14,23H,8-9,11,15H2,1-2H3;3-4H,1-2H2;1-2H3. The fourth-order valence-corrected chi connectivity index (χ4v) is 5.15. The lowest BCUT2D eigenvalue weighted by Crippen LogP contribution is -2.39. The van der Waals surface area contributed by atoms with Gasteiger partial charge in [-0.1, -0.05) is 51.3 Å². The summed E-state index contributed by atoms with van der Waals surface area (Å²) in [4.78, 5) is 3.25. The van der Waals surface area contributed by atoms with Crippen LogP contribution in [0.1, 0.15) is 42.1 Å². The highest BCUT2D eigenvalue weighted by atomic mass is 32.2. The second kappa shape index (κ2) is 13.9. The van der Waals surface area contributed by atoms with Gasteiger partial charge < -0.3 is 13.7 Å². The zero-order valence-electron chi connectivity index (χ0n) is 22.1. The monoisotopic (exact) mass is 521 g/mol. The first-order valence-corrected chi connectivity index (χ1v) is 13.2. The minimum Gasteiger partial charge on any atom is -0.497 e. The molecule has 3 aromatic rings. The molecular weight excluding hydrogens is 485 g/mol. The van der Waals surface area contributed by atoms with E-state index in [1.807, 2.05) is 19.9 Å². The van der Waals surface area contributed by atoms with Crippen LogP contribution in [0.25, 0.3) is 0 Å². The Kier molecular flexibility index (Phi) is 10.7. The van der Waals surface area contributed by atoms with Gasteiger partial charge in [0.05, 0.1) is 31.2 Å². The summed E-state index contributed by atoms with van der Waals surface area (Å²) in [6.07, 6.45) is 5.23. The number of methoxy groups -OCH3 is 2. The Bertz CT molecular complexity index is 1210. The van der Waals surface area contributed by atoms with Crippen molar-refractivity contribution in [1.29, 1.82) is 0 Å². The van der Waals surface area contributed by atoms with E-state index in [1.54, 1.807) is 32.4 Å². The van der Waals surface area contributed by atoms with Crippen LogP contribution in [0, 0.1) is 5.82 Å². The molecule has 0 amide bonds. The highest BCUT2D eigenvalue weighted by Crippen LogP contribution is 2.43. The molecule has 0 fully saturated rings. The molecule has 0 saturated carbocycles. The third-order valence-corrected chi connectivity index (χ3v) is 6.99. The Labute approximate surface area is 225 Å². The Hall–Kier alpha value is -3.22. The highest BCUT2D eigenvalue weighted by Gasteiger charge is 2.33. The maximum atomic E-state index is 13.5. The molecule has 0 bridgehead atoms. The van der Waals surface area contributed by atoms with E-state index in [9.17, 15) is 4.39 Å². The normalized spacial score (nSPS) is 15.2. The summed E-state index contributed by atoms with van der Waals surface area (Å²) in [5.41, 5.74) is 5.30. The van der Waals surface area contributed by atoms with Gasteiger partial charge in [-0.15, -0.1) is 0 Å². The van der Waals surface area contributed by atoms with Crippen LogP contribution in [0.15, 0.2) is 84.8 Å². The van der Waals surface area contributed by atoms with E-state index in [1.165, 1.54) is 34.4 Å². The number of benzene rings is 3. The first-order valence-electron chi connectivity index (χ1n) is 12.5. The van der Waals surface area contributed by atoms with Gasteiger partial charge in [0.25, 0.3) is 0 Å². The number of halogens is 1. The molecule has 37 heavy (non-hydrogen) atoms. The van der Waals surface area contributed by atoms with Gasteiger partial charge in [-0.25, -0.2) is 4.39 Å². The first-order chi connectivity index (χ1) is 18.1. The van der Waals surface area contributed by atoms with Crippen LogP contribution in [0.4, 0.5) is 4.39 Å². The predicted molar refractivity (Wildman–Crippen MR) is 151 cm³/mol. The van der Waals surface area contributed by atoms with E-state index in [2.05, 4.69) is 48.4 Å². The van der Waals surface area contributed by atoms with E-state index in [-0.39, 0.29) is 5.82 Å². The van der Waals surface area contributed by atoms with Gasteiger partial charge in [0.1, 0.15) is 11.6 Å². The molecule has 0 spiro atoms. The number of fused-ring (bicyclic) bond motifs is 4. The summed E-state index contributed by atoms with van der Waals surface area (Å²) in [6.45, 7) is 12.6. The van der Waals surface area contributed by atoms with Crippen LogP contribution in [-0.2, 0) is 19.4 Å². The van der Waals surface area contributed by atoms with Crippen molar-refractivity contribution in [3.63, 3.8) is 0 Å². The second-order valence-corrected chi connectivity index (χ2v) is 9.18. The Morgan fingerprint density at radius 3 is 2.35 bits per heavy atom. The molecule has 2 heterocycles. The van der Waals surface area contributed by atoms with E-state index in [0.29, 0.717) is 22.4 Å². The van der Waals surface area contributed by atoms with E-state index < -0.39 is 0 Å². The van der Waals surface area contributed by atoms with Crippen molar-refractivity contribution in [2.75, 3.05) is 20.8 Å². The molecule has 5 rings (SSSR count). The number of ether oxygens (including phenoxy) is 2. The average molecular weight is 522 g/mol. The van der Waals surface area contributed by atoms with Crippen molar-refractivity contribution >= 4 is 12.0 Å². The zero-order valence-corrected chi connectivity index (χ0v) is 22.9. The van der Waals surface area contributed by atoms with Crippen molar-refractivity contribution in [3.05, 3.63) is 108 Å². The summed E-state index contributed by atoms with van der Waals surface area (Å²) >= 11 is 1.14. The van der Waals surface area contributed by atoms with Crippen molar-refractivity contribution in [3.8, 4) is 17.2 Å². The molecule has 6 heteroatoms. The van der Waals surface area contributed by atoms with Gasteiger partial charge in [-0.3, -0.25) is 4.90 Å². The van der Waals surface area contributed by atoms with Gasteiger partial charge in [-0.05, 0) is 77.6 Å². The lowest BCUT2D eigenvalue weighted by atomic mass is 9.84. The summed E-state index contributed by atoms with van der Waals surface area (Å²) in [5, 5.41) is 0. The van der Waals surface area contributed by atoms with E-state index in [0.717, 1.165) is 43.7 Å². The second-order valence-electron chi connectivity index (χ2n) is 8.37. The number of allylic oxidation sites excluding steroid dienone is 2. The predicted octanol–water partition coefficient (Wildman–Crippen LogP) is 7.97. The Balaban J connectivity index is 0.000000580. The van der Waals surface area contributed by atoms with E-state index >= 15 is 0 Å². The lowest BCUT2D eigenvalue weighted by Gasteiger charge is -2.41. The fraction of sp³-hybridized carbons (Fsp3) is 0.290. The number of rotatable bonds is 6. The van der Waals surface area contributed by atoms with Crippen LogP contribution in [0.5, 0.6) is 17.2 Å². The van der Waals surface area contributed by atoms with Gasteiger partial charge in [-0.2, -0.15) is 0 Å². The Morgan fingerprint density at radius 2 is 1.68 bits per heavy atom. The summed E-state index contributed by atoms with van der Waals surface area (Å²) in [6, 6.07) is 17.3. The van der Waals surface area contributed by atoms with Crippen LogP contribution >= 0.6 is 12.0 Å². The van der Waals surface area contributed by atoms with Gasteiger partial charge in [0.2, 0.25) is 0 Å². The molecule has 4 nitrogen and oxygen atoms in total. The molecular formula is C31H36FNO3S. The quantitative estimate of drug-likeness (QED) is 0.243. The zero-order chi connectivity index (χ0) is 26.8. The average Bonchev–Trinajstić information content (AvgIpc) is 2.95. The van der Waals surface area contributed by atoms with Crippen molar-refractivity contribution in [1.82, 2.24) is 4.90 Å². The summed E-state index contributed by atoms with van der Waals surface area (Å²) in [7, 11) is 3.37. The smallest absolute Gasteiger partial charge is 0.180 e. The van der Waals surface area contributed by atoms with Crippen molar-refractivity contribution in [2.24, 2.45) is 0 Å². The minimum absolute atomic E-state index is 0.278. The first kappa shape index (κ1) is 28.4. The maximum absolute atomic E-state index is 13.5. The number of nitrogens with zero attached hydrogens (tertiary/aromatic N) is 1. The molecule has 1 unspecified atom stereocenters. The maximum Gasteiger partial charge on any atom is 0.180 e. The van der Waals surface area contributed by atoms with Crippen molar-refractivity contribution < 1.29 is 18.0 Å². The molecule has 2 aliphatic rings. The molecule has 0 saturated heterocycles. The SMILES string of the molecule is C=CC=C.CC.COc1ccc2c(c1)CCN1Cc3cc(OSc4cccc(F)c4)c(OC)cc3CC21. The molecule has 196 valence electrons. The molecule has 1 atom stereocenters. The van der Waals surface area contributed by atoms with Gasteiger partial charge in [0.15, 0.2) is 11.5 Å². The molecule has 3 aromatic carbocycles. The molecule has 0 aliphatic carbocycles. The minimum atomic E-state index is -0.278. The van der Waals surface area contributed by atoms with Gasteiger partial charge in [0, 0.05) is 19.1 Å². The van der Waals surface area contributed by atoms with Crippen molar-refractivity contribution in [2.45, 2.75) is 44.2 Å². The number of hydrogen-bond donors (Lipinski definition) is 0. The van der Waals surface area contributed by atoms with Gasteiger partial charge >= 0.3 is 0 Å². The highest BCUT2D eigenvalue weighted by molar-refractivity contribution is 7.95. The topological polar surface area (TPSA) is 30.9 Å². The molecule has 0 N–H and O–H groups in total. The lowest BCUT2D eigenvalue weighted by molar-refractivity contribution is 0.160. The van der Waals surface area contributed by atoms with E-state index in [4.69, 9.17) is 13.7 Å². The molecule has 0 aromatic heterocycles. The molecule has 0 radical (unpaired) electrons. The fourth-order valence-electron chi connectivity index (χ4n) is 4.54. The summed E-state index contributed by atoms with van der Waals surface area (Å²) in [5.74, 6) is 2.00. The van der Waals surface area contributed by atoms with Crippen LogP contribution in [0.3, 0.4) is 0 Å². The molecule has 2 aliphatic heterocycles. The summed E-state index contributed by atoms with van der Waals surface area (Å²) < 4.78 is 30.4. The van der Waals surface area contributed by atoms with Crippen LogP contribution < -0.4 is 13.7 Å².